The Bertz CT molecular complexity index is 193. The molecule has 1 N–H and O–H groups in total. The van der Waals surface area contributed by atoms with Crippen LogP contribution in [-0.4, -0.2) is 43.1 Å². The number of amides is 1. The van der Waals surface area contributed by atoms with E-state index in [0.29, 0.717) is 12.6 Å². The van der Waals surface area contributed by atoms with Crippen molar-refractivity contribution in [2.45, 2.75) is 18.9 Å². The zero-order valence-corrected chi connectivity index (χ0v) is 6.97. The van der Waals surface area contributed by atoms with Crippen LogP contribution in [0.1, 0.15) is 12.8 Å². The summed E-state index contributed by atoms with van der Waals surface area (Å²) in [6.45, 7) is 2.79. The quantitative estimate of drug-likeness (QED) is 0.479. The fourth-order valence-corrected chi connectivity index (χ4v) is 2.33. The molecule has 0 radical (unpaired) electrons. The van der Waals surface area contributed by atoms with Crippen LogP contribution in [0.3, 0.4) is 0 Å². The molecule has 2 fully saturated rings. The Labute approximate surface area is 67.0 Å². The average Bonchev–Trinajstić information content (AvgIpc) is 2.28. The van der Waals surface area contributed by atoms with Crippen molar-refractivity contribution in [3.05, 3.63) is 0 Å². The molecule has 0 unspecified atom stereocenters. The Morgan fingerprint density at radius 3 is 3.27 bits per heavy atom. The van der Waals surface area contributed by atoms with Gasteiger partial charge in [0.15, 0.2) is 6.54 Å². The fourth-order valence-electron chi connectivity index (χ4n) is 2.33. The predicted molar refractivity (Wildman–Crippen MR) is 42.0 cm³/mol. The van der Waals surface area contributed by atoms with Crippen molar-refractivity contribution in [2.24, 2.45) is 0 Å². The lowest BCUT2D eigenvalue weighted by molar-refractivity contribution is -0.914. The van der Waals surface area contributed by atoms with Crippen LogP contribution in [0.25, 0.3) is 0 Å². The van der Waals surface area contributed by atoms with Crippen LogP contribution < -0.4 is 5.32 Å². The van der Waals surface area contributed by atoms with Gasteiger partial charge in [-0.25, -0.2) is 0 Å². The maximum absolute atomic E-state index is 11.1. The molecule has 3 heteroatoms. The van der Waals surface area contributed by atoms with Gasteiger partial charge in [-0.3, -0.25) is 4.79 Å². The Kier molecular flexibility index (Phi) is 1.42. The minimum atomic E-state index is 0.227. The van der Waals surface area contributed by atoms with Crippen molar-refractivity contribution in [2.75, 3.05) is 26.7 Å². The molecular weight excluding hydrogens is 140 g/mol. The van der Waals surface area contributed by atoms with Gasteiger partial charge < -0.3 is 9.80 Å². The summed E-state index contributed by atoms with van der Waals surface area (Å²) in [5, 5.41) is 2.92. The number of quaternary nitrogens is 1. The molecule has 62 valence electrons. The van der Waals surface area contributed by atoms with E-state index in [9.17, 15) is 4.79 Å². The molecule has 2 aliphatic heterocycles. The lowest BCUT2D eigenvalue weighted by atomic mass is 10.1. The zero-order valence-electron chi connectivity index (χ0n) is 6.97. The molecular formula is C8H15N2O+. The maximum atomic E-state index is 11.1. The largest absolute Gasteiger partial charge is 0.345 e. The second kappa shape index (κ2) is 2.21. The van der Waals surface area contributed by atoms with E-state index in [4.69, 9.17) is 0 Å². The lowest BCUT2D eigenvalue weighted by Gasteiger charge is -2.39. The van der Waals surface area contributed by atoms with Gasteiger partial charge in [0.1, 0.15) is 6.04 Å². The summed E-state index contributed by atoms with van der Waals surface area (Å²) in [5.41, 5.74) is 0. The Hall–Kier alpha value is -0.570. The van der Waals surface area contributed by atoms with Crippen LogP contribution >= 0.6 is 0 Å². The molecule has 0 aromatic rings. The number of carbonyl (C=O) groups excluding carboxylic acids is 1. The summed E-state index contributed by atoms with van der Waals surface area (Å²) in [6, 6.07) is 0.702. The van der Waals surface area contributed by atoms with Crippen molar-refractivity contribution >= 4 is 5.91 Å². The van der Waals surface area contributed by atoms with Crippen LogP contribution in [0.2, 0.25) is 0 Å². The number of fused-ring (bicyclic) bond motifs is 1. The van der Waals surface area contributed by atoms with Gasteiger partial charge in [-0.2, -0.15) is 0 Å². The smallest absolute Gasteiger partial charge is 0.275 e. The normalized spacial score (nSPS) is 43.4. The maximum Gasteiger partial charge on any atom is 0.275 e. The first-order valence-electron chi connectivity index (χ1n) is 4.32. The lowest BCUT2D eigenvalue weighted by Crippen LogP contribution is -2.61. The summed E-state index contributed by atoms with van der Waals surface area (Å²) in [6.07, 6.45) is 2.58. The van der Waals surface area contributed by atoms with Crippen molar-refractivity contribution in [1.82, 2.24) is 5.32 Å². The van der Waals surface area contributed by atoms with Gasteiger partial charge in [0.25, 0.3) is 5.91 Å². The van der Waals surface area contributed by atoms with E-state index in [-0.39, 0.29) is 5.91 Å². The fraction of sp³-hybridized carbons (Fsp3) is 0.875. The van der Waals surface area contributed by atoms with Gasteiger partial charge in [0, 0.05) is 12.8 Å². The van der Waals surface area contributed by atoms with Crippen LogP contribution in [0, 0.1) is 0 Å². The minimum absolute atomic E-state index is 0.227. The second-order valence-corrected chi connectivity index (χ2v) is 3.96. The number of likely N-dealkylation sites (N-methyl/N-ethyl adjacent to an activating group) is 1. The molecule has 11 heavy (non-hydrogen) atoms. The van der Waals surface area contributed by atoms with Gasteiger partial charge >= 0.3 is 0 Å². The van der Waals surface area contributed by atoms with E-state index in [1.54, 1.807) is 0 Å². The summed E-state index contributed by atoms with van der Waals surface area (Å²) >= 11 is 0. The summed E-state index contributed by atoms with van der Waals surface area (Å²) in [7, 11) is 2.20. The van der Waals surface area contributed by atoms with Crippen LogP contribution in [0.15, 0.2) is 0 Å². The van der Waals surface area contributed by atoms with Crippen molar-refractivity contribution in [3.63, 3.8) is 0 Å². The molecule has 0 bridgehead atoms. The first-order chi connectivity index (χ1) is 5.21. The molecule has 0 aromatic heterocycles. The number of carbonyl (C=O) groups is 1. The minimum Gasteiger partial charge on any atom is -0.345 e. The van der Waals surface area contributed by atoms with Gasteiger partial charge in [0.2, 0.25) is 0 Å². The number of piperazine rings is 1. The topological polar surface area (TPSA) is 29.1 Å². The van der Waals surface area contributed by atoms with Gasteiger partial charge in [-0.05, 0) is 0 Å². The van der Waals surface area contributed by atoms with Crippen LogP contribution in [0.5, 0.6) is 0 Å². The molecule has 0 saturated carbocycles. The van der Waals surface area contributed by atoms with E-state index in [0.717, 1.165) is 11.0 Å². The monoisotopic (exact) mass is 155 g/mol. The van der Waals surface area contributed by atoms with Crippen LogP contribution in [-0.2, 0) is 4.79 Å². The predicted octanol–water partition coefficient (Wildman–Crippen LogP) is -0.275. The zero-order chi connectivity index (χ0) is 7.90. The van der Waals surface area contributed by atoms with Gasteiger partial charge in [0.05, 0.1) is 20.1 Å². The van der Waals surface area contributed by atoms with E-state index in [1.165, 1.54) is 19.4 Å². The average molecular weight is 155 g/mol. The molecule has 1 amide bonds. The molecule has 0 aromatic carbocycles. The van der Waals surface area contributed by atoms with Gasteiger partial charge in [-0.1, -0.05) is 0 Å². The second-order valence-electron chi connectivity index (χ2n) is 3.96. The summed E-state index contributed by atoms with van der Waals surface area (Å²) in [5.74, 6) is 0.227. The third-order valence-corrected chi connectivity index (χ3v) is 3.13. The number of hydrogen-bond acceptors (Lipinski definition) is 1. The van der Waals surface area contributed by atoms with Crippen molar-refractivity contribution in [3.8, 4) is 0 Å². The molecule has 2 atom stereocenters. The molecule has 2 rings (SSSR count). The molecule has 0 spiro atoms. The highest BCUT2D eigenvalue weighted by atomic mass is 16.2. The van der Waals surface area contributed by atoms with E-state index >= 15 is 0 Å². The van der Waals surface area contributed by atoms with E-state index in [1.807, 2.05) is 0 Å². The standard InChI is InChI=1S/C8H14N2O/c1-10-4-2-3-7(10)5-9-8(11)6-10/h7H,2-6H2,1H3/p+1/t7-,10-/m1/s1. The third-order valence-electron chi connectivity index (χ3n) is 3.13. The first kappa shape index (κ1) is 7.10. The summed E-state index contributed by atoms with van der Waals surface area (Å²) in [4.78, 5) is 11.1. The number of hydrogen-bond donors (Lipinski definition) is 1. The van der Waals surface area contributed by atoms with E-state index in [2.05, 4.69) is 12.4 Å². The van der Waals surface area contributed by atoms with Gasteiger partial charge in [-0.15, -0.1) is 0 Å². The first-order valence-corrected chi connectivity index (χ1v) is 4.32. The molecule has 2 heterocycles. The highest BCUT2D eigenvalue weighted by Gasteiger charge is 2.42. The van der Waals surface area contributed by atoms with Crippen LogP contribution in [0.4, 0.5) is 0 Å². The highest BCUT2D eigenvalue weighted by molar-refractivity contribution is 5.77. The van der Waals surface area contributed by atoms with Crippen molar-refractivity contribution < 1.29 is 9.28 Å². The van der Waals surface area contributed by atoms with Crippen molar-refractivity contribution in [1.29, 1.82) is 0 Å². The molecule has 2 aliphatic rings. The third kappa shape index (κ3) is 1.03. The Balaban J connectivity index is 2.16. The SMILES string of the molecule is C[N@+]12CCC[C@@H]1CNC(=O)C2. The molecule has 2 saturated heterocycles. The summed E-state index contributed by atoms with van der Waals surface area (Å²) < 4.78 is 0.992. The number of rotatable bonds is 0. The highest BCUT2D eigenvalue weighted by Crippen LogP contribution is 2.25. The Morgan fingerprint density at radius 1 is 1.64 bits per heavy atom. The van der Waals surface area contributed by atoms with E-state index < -0.39 is 0 Å². The molecule has 0 aliphatic carbocycles. The number of nitrogens with one attached hydrogen (secondary N) is 1. The Morgan fingerprint density at radius 2 is 2.45 bits per heavy atom. The number of nitrogens with zero attached hydrogens (tertiary/aromatic N) is 1. The molecule has 3 nitrogen and oxygen atoms in total.